The van der Waals surface area contributed by atoms with E-state index in [-0.39, 0.29) is 24.4 Å². The van der Waals surface area contributed by atoms with E-state index in [4.69, 9.17) is 21.1 Å². The number of alkyl halides is 1. The molecule has 0 aliphatic heterocycles. The van der Waals surface area contributed by atoms with Crippen molar-refractivity contribution in [3.63, 3.8) is 0 Å². The molecule has 0 amide bonds. The molecule has 0 aromatic rings. The van der Waals surface area contributed by atoms with Gasteiger partial charge in [-0.05, 0) is 44.9 Å². The number of unbranched alkanes of at least 4 members (excludes halogenated alkanes) is 17. The summed E-state index contributed by atoms with van der Waals surface area (Å²) in [5.74, 6) is -0.346. The monoisotopic (exact) mass is 608 g/mol. The van der Waals surface area contributed by atoms with Gasteiger partial charge in [0.1, 0.15) is 12.7 Å². The molecular formula is C37H65ClO4. The Hall–Kier alpha value is -1.55. The Morgan fingerprint density at radius 3 is 1.55 bits per heavy atom. The summed E-state index contributed by atoms with van der Waals surface area (Å²) in [6, 6.07) is 0. The van der Waals surface area contributed by atoms with Crippen LogP contribution in [0, 0.1) is 0 Å². The number of hydrogen-bond acceptors (Lipinski definition) is 4. The summed E-state index contributed by atoms with van der Waals surface area (Å²) in [7, 11) is 0. The Morgan fingerprint density at radius 1 is 0.571 bits per heavy atom. The molecule has 1 unspecified atom stereocenters. The van der Waals surface area contributed by atoms with Gasteiger partial charge in [0.2, 0.25) is 0 Å². The minimum Gasteiger partial charge on any atom is -0.462 e. The second-order valence-corrected chi connectivity index (χ2v) is 11.9. The molecule has 0 aliphatic carbocycles. The van der Waals surface area contributed by atoms with Crippen molar-refractivity contribution in [2.24, 2.45) is 0 Å². The van der Waals surface area contributed by atoms with Crippen LogP contribution in [-0.2, 0) is 19.1 Å². The number of hydrogen-bond donors (Lipinski definition) is 0. The molecule has 0 fully saturated rings. The second kappa shape index (κ2) is 33.9. The Kier molecular flexibility index (Phi) is 32.7. The Bertz CT molecular complexity index is 685. The van der Waals surface area contributed by atoms with Gasteiger partial charge < -0.3 is 9.47 Å². The van der Waals surface area contributed by atoms with Crippen LogP contribution >= 0.6 is 11.6 Å². The normalized spacial score (nSPS) is 12.5. The third-order valence-corrected chi connectivity index (χ3v) is 7.76. The average Bonchev–Trinajstić information content (AvgIpc) is 2.99. The molecule has 1 atom stereocenters. The number of carbonyl (C=O) groups is 2. The molecule has 42 heavy (non-hydrogen) atoms. The predicted octanol–water partition coefficient (Wildman–Crippen LogP) is 11.8. The van der Waals surface area contributed by atoms with Gasteiger partial charge in [0, 0.05) is 12.8 Å². The van der Waals surface area contributed by atoms with Gasteiger partial charge in [-0.1, -0.05) is 147 Å². The molecule has 244 valence electrons. The second-order valence-electron chi connectivity index (χ2n) is 11.5. The van der Waals surface area contributed by atoms with Crippen LogP contribution in [0.4, 0.5) is 0 Å². The highest BCUT2D eigenvalue weighted by molar-refractivity contribution is 6.18. The maximum atomic E-state index is 12.2. The molecule has 0 aliphatic rings. The van der Waals surface area contributed by atoms with Gasteiger partial charge in [-0.3, -0.25) is 9.59 Å². The number of allylic oxidation sites excluding steroid dienone is 6. The average molecular weight is 609 g/mol. The van der Waals surface area contributed by atoms with Crippen molar-refractivity contribution in [3.8, 4) is 0 Å². The summed E-state index contributed by atoms with van der Waals surface area (Å²) < 4.78 is 10.7. The zero-order valence-corrected chi connectivity index (χ0v) is 28.2. The summed E-state index contributed by atoms with van der Waals surface area (Å²) >= 11 is 5.95. The molecule has 0 spiro atoms. The molecule has 0 bridgehead atoms. The van der Waals surface area contributed by atoms with Crippen molar-refractivity contribution in [1.82, 2.24) is 0 Å². The van der Waals surface area contributed by atoms with Gasteiger partial charge in [0.25, 0.3) is 0 Å². The first-order valence-corrected chi connectivity index (χ1v) is 18.0. The predicted molar refractivity (Wildman–Crippen MR) is 181 cm³/mol. The lowest BCUT2D eigenvalue weighted by atomic mass is 10.0. The fraction of sp³-hybridized carbons (Fsp3) is 0.784. The molecule has 5 heteroatoms. The molecular weight excluding hydrogens is 544 g/mol. The summed E-state index contributed by atoms with van der Waals surface area (Å²) in [5, 5.41) is 0. The molecule has 0 N–H and O–H groups in total. The fourth-order valence-electron chi connectivity index (χ4n) is 4.79. The summed E-state index contributed by atoms with van der Waals surface area (Å²) in [4.78, 5) is 24.2. The highest BCUT2D eigenvalue weighted by Gasteiger charge is 2.16. The fourth-order valence-corrected chi connectivity index (χ4v) is 4.94. The summed E-state index contributed by atoms with van der Waals surface area (Å²) in [6.07, 6.45) is 39.7. The van der Waals surface area contributed by atoms with Crippen molar-refractivity contribution in [2.45, 2.75) is 174 Å². The van der Waals surface area contributed by atoms with E-state index in [2.05, 4.69) is 50.3 Å². The number of halogens is 1. The molecule has 0 saturated heterocycles. The van der Waals surface area contributed by atoms with Crippen molar-refractivity contribution >= 4 is 23.5 Å². The maximum Gasteiger partial charge on any atom is 0.306 e. The molecule has 0 aromatic heterocycles. The molecule has 0 aromatic carbocycles. The van der Waals surface area contributed by atoms with E-state index in [1.807, 2.05) is 0 Å². The van der Waals surface area contributed by atoms with E-state index in [0.29, 0.717) is 12.8 Å². The zero-order valence-electron chi connectivity index (χ0n) is 27.4. The third-order valence-electron chi connectivity index (χ3n) is 7.42. The van der Waals surface area contributed by atoms with Gasteiger partial charge in [0.05, 0.1) is 5.88 Å². The lowest BCUT2D eigenvalue weighted by Gasteiger charge is -2.15. The van der Waals surface area contributed by atoms with Crippen molar-refractivity contribution < 1.29 is 19.1 Å². The van der Waals surface area contributed by atoms with E-state index in [1.54, 1.807) is 0 Å². The zero-order chi connectivity index (χ0) is 30.8. The van der Waals surface area contributed by atoms with Crippen LogP contribution in [0.1, 0.15) is 168 Å². The summed E-state index contributed by atoms with van der Waals surface area (Å²) in [5.41, 5.74) is 0. The van der Waals surface area contributed by atoms with Gasteiger partial charge in [0.15, 0.2) is 0 Å². The standard InChI is InChI=1S/C37H65ClO4/c1-3-5-7-9-11-13-15-17-18-20-22-24-26-28-30-32-37(40)42-35(33-38)34-41-36(39)31-29-27-25-23-21-19-16-14-12-10-8-6-4-2/h5,7,11,13,17-18,35H,3-4,6,8-10,12,14-16,19-34H2,1-2H3/b7-5+,13-11+,18-17+. The molecule has 4 nitrogen and oxygen atoms in total. The SMILES string of the molecule is CC/C=C/C/C=C/C/C=C/CCCCCCCC(=O)OC(CCl)COC(=O)CCCCCCCCCCCCCCC. The van der Waals surface area contributed by atoms with E-state index < -0.39 is 6.10 Å². The van der Waals surface area contributed by atoms with Crippen LogP contribution in [0.3, 0.4) is 0 Å². The van der Waals surface area contributed by atoms with Gasteiger partial charge >= 0.3 is 11.9 Å². The number of rotatable bonds is 31. The van der Waals surface area contributed by atoms with E-state index in [9.17, 15) is 9.59 Å². The summed E-state index contributed by atoms with van der Waals surface area (Å²) in [6.45, 7) is 4.46. The van der Waals surface area contributed by atoms with Crippen LogP contribution in [0.5, 0.6) is 0 Å². The van der Waals surface area contributed by atoms with Crippen molar-refractivity contribution in [2.75, 3.05) is 12.5 Å². The highest BCUT2D eigenvalue weighted by Crippen LogP contribution is 2.14. The maximum absolute atomic E-state index is 12.2. The first-order chi connectivity index (χ1) is 20.6. The lowest BCUT2D eigenvalue weighted by molar-refractivity contribution is -0.157. The van der Waals surface area contributed by atoms with Gasteiger partial charge in [-0.15, -0.1) is 11.6 Å². The van der Waals surface area contributed by atoms with E-state index in [0.717, 1.165) is 57.8 Å². The number of carbonyl (C=O) groups excluding carboxylic acids is 2. The van der Waals surface area contributed by atoms with Crippen LogP contribution < -0.4 is 0 Å². The number of ether oxygens (including phenoxy) is 2. The smallest absolute Gasteiger partial charge is 0.306 e. The van der Waals surface area contributed by atoms with Crippen LogP contribution in [-0.4, -0.2) is 30.5 Å². The van der Waals surface area contributed by atoms with Crippen LogP contribution in [0.25, 0.3) is 0 Å². The highest BCUT2D eigenvalue weighted by atomic mass is 35.5. The first-order valence-electron chi connectivity index (χ1n) is 17.5. The van der Waals surface area contributed by atoms with Crippen LogP contribution in [0.15, 0.2) is 36.5 Å². The largest absolute Gasteiger partial charge is 0.462 e. The Balaban J connectivity index is 3.60. The van der Waals surface area contributed by atoms with Crippen molar-refractivity contribution in [1.29, 1.82) is 0 Å². The van der Waals surface area contributed by atoms with E-state index in [1.165, 1.54) is 83.5 Å². The topological polar surface area (TPSA) is 52.6 Å². The molecule has 0 rings (SSSR count). The third kappa shape index (κ3) is 31.4. The minimum atomic E-state index is -0.566. The first kappa shape index (κ1) is 40.5. The lowest BCUT2D eigenvalue weighted by Crippen LogP contribution is -2.26. The van der Waals surface area contributed by atoms with Gasteiger partial charge in [-0.25, -0.2) is 0 Å². The molecule has 0 saturated carbocycles. The molecule has 0 heterocycles. The molecule has 0 radical (unpaired) electrons. The number of esters is 2. The van der Waals surface area contributed by atoms with E-state index >= 15 is 0 Å². The van der Waals surface area contributed by atoms with Gasteiger partial charge in [-0.2, -0.15) is 0 Å². The Morgan fingerprint density at radius 2 is 1.02 bits per heavy atom. The minimum absolute atomic E-state index is 0.0474. The van der Waals surface area contributed by atoms with Crippen molar-refractivity contribution in [3.05, 3.63) is 36.5 Å². The Labute approximate surface area is 265 Å². The van der Waals surface area contributed by atoms with Crippen LogP contribution in [0.2, 0.25) is 0 Å². The quantitative estimate of drug-likeness (QED) is 0.0340.